The van der Waals surface area contributed by atoms with Crippen LogP contribution in [0.15, 0.2) is 41.2 Å². The lowest BCUT2D eigenvalue weighted by atomic mass is 10.1. The van der Waals surface area contributed by atoms with Crippen molar-refractivity contribution in [1.82, 2.24) is 4.72 Å². The molecule has 152 valence electrons. The number of hydrogen-bond acceptors (Lipinski definition) is 7. The van der Waals surface area contributed by atoms with Gasteiger partial charge in [-0.3, -0.25) is 4.79 Å². The second kappa shape index (κ2) is 6.85. The van der Waals surface area contributed by atoms with Crippen molar-refractivity contribution in [2.24, 2.45) is 0 Å². The highest BCUT2D eigenvalue weighted by molar-refractivity contribution is 7.92. The molecule has 1 aliphatic heterocycles. The van der Waals surface area contributed by atoms with Crippen LogP contribution in [0.4, 0.5) is 10.1 Å². The molecule has 1 amide bonds. The average Bonchev–Trinajstić information content (AvgIpc) is 3.23. The zero-order chi connectivity index (χ0) is 20.8. The van der Waals surface area contributed by atoms with Gasteiger partial charge in [0.1, 0.15) is 18.0 Å². The summed E-state index contributed by atoms with van der Waals surface area (Å²) in [6, 6.07) is 5.25. The van der Waals surface area contributed by atoms with E-state index in [0.29, 0.717) is 10.7 Å². The minimum atomic E-state index is -4.32. The molecule has 1 aromatic heterocycles. The fraction of sp³-hybridized carbons (Fsp3) is 0.167. The van der Waals surface area contributed by atoms with Crippen LogP contribution >= 0.6 is 0 Å². The molecule has 2 aromatic carbocycles. The fourth-order valence-corrected chi connectivity index (χ4v) is 4.23. The lowest BCUT2D eigenvalue weighted by Gasteiger charge is -2.18. The number of phenolic OH excluding ortho intramolecular Hbond substituents is 2. The molecule has 9 nitrogen and oxygen atoms in total. The summed E-state index contributed by atoms with van der Waals surface area (Å²) in [7, 11) is -4.32. The van der Waals surface area contributed by atoms with Crippen molar-refractivity contribution in [2.75, 3.05) is 17.5 Å². The molecule has 11 heteroatoms. The lowest BCUT2D eigenvalue weighted by molar-refractivity contribution is -0.117. The molecule has 2 heterocycles. The van der Waals surface area contributed by atoms with Crippen LogP contribution in [0.25, 0.3) is 10.8 Å². The number of phenols is 2. The summed E-state index contributed by atoms with van der Waals surface area (Å²) in [6.07, 6.45) is 3.54. The van der Waals surface area contributed by atoms with Gasteiger partial charge in [-0.2, -0.15) is 8.42 Å². The molecule has 0 atom stereocenters. The quantitative estimate of drug-likeness (QED) is 0.572. The molecule has 0 saturated carbocycles. The summed E-state index contributed by atoms with van der Waals surface area (Å²) in [5.41, 5.74) is 0.214. The van der Waals surface area contributed by atoms with Gasteiger partial charge in [-0.25, -0.2) is 13.4 Å². The molecule has 0 spiro atoms. The number of fused-ring (bicyclic) bond motifs is 1. The number of rotatable bonds is 5. The van der Waals surface area contributed by atoms with Gasteiger partial charge in [-0.05, 0) is 35.2 Å². The first kappa shape index (κ1) is 18.9. The Morgan fingerprint density at radius 1 is 1.24 bits per heavy atom. The van der Waals surface area contributed by atoms with Gasteiger partial charge in [-0.15, -0.1) is 0 Å². The van der Waals surface area contributed by atoms with Crippen LogP contribution in [0.1, 0.15) is 5.56 Å². The Morgan fingerprint density at radius 2 is 2.00 bits per heavy atom. The predicted octanol–water partition coefficient (Wildman–Crippen LogP) is 1.79. The number of furan rings is 1. The number of halogens is 1. The third-order valence-electron chi connectivity index (χ3n) is 4.41. The molecule has 1 aliphatic rings. The van der Waals surface area contributed by atoms with Gasteiger partial charge in [0.25, 0.3) is 5.91 Å². The second-order valence-corrected chi connectivity index (χ2v) is 7.96. The van der Waals surface area contributed by atoms with Crippen molar-refractivity contribution in [3.05, 3.63) is 48.2 Å². The summed E-state index contributed by atoms with van der Waals surface area (Å²) in [5, 5.41) is 20.3. The number of nitrogens with zero attached hydrogens (tertiary/aromatic N) is 1. The van der Waals surface area contributed by atoms with E-state index >= 15 is 4.39 Å². The molecule has 29 heavy (non-hydrogen) atoms. The third-order valence-corrected chi connectivity index (χ3v) is 5.79. The number of anilines is 1. The Bertz CT molecular complexity index is 1210. The van der Waals surface area contributed by atoms with E-state index in [4.69, 9.17) is 9.15 Å². The third kappa shape index (κ3) is 3.40. The molecule has 4 rings (SSSR count). The molecule has 1 fully saturated rings. The summed E-state index contributed by atoms with van der Waals surface area (Å²) in [5.74, 6) is -2.90. The van der Waals surface area contributed by atoms with E-state index in [-0.39, 0.29) is 28.9 Å². The van der Waals surface area contributed by atoms with Crippen LogP contribution < -0.4 is 13.8 Å². The van der Waals surface area contributed by atoms with Gasteiger partial charge in [-0.1, -0.05) is 0 Å². The van der Waals surface area contributed by atoms with Crippen molar-refractivity contribution in [3.8, 4) is 17.2 Å². The number of nitrogens with one attached hydrogen (secondary N) is 1. The summed E-state index contributed by atoms with van der Waals surface area (Å²) in [6.45, 7) is -0.492. The first-order chi connectivity index (χ1) is 13.8. The highest BCUT2D eigenvalue weighted by Gasteiger charge is 2.38. The average molecular weight is 422 g/mol. The normalized spacial score (nSPS) is 15.6. The van der Waals surface area contributed by atoms with Crippen LogP contribution in [0, 0.1) is 5.82 Å². The Morgan fingerprint density at radius 3 is 2.66 bits per heavy atom. The van der Waals surface area contributed by atoms with Crippen LogP contribution in [0.2, 0.25) is 0 Å². The molecule has 3 aromatic rings. The summed E-state index contributed by atoms with van der Waals surface area (Å²) >= 11 is 0. The monoisotopic (exact) mass is 422 g/mol. The minimum Gasteiger partial charge on any atom is -0.506 e. The zero-order valence-electron chi connectivity index (χ0n) is 14.8. The van der Waals surface area contributed by atoms with Crippen molar-refractivity contribution in [3.63, 3.8) is 0 Å². The van der Waals surface area contributed by atoms with Crippen molar-refractivity contribution < 1.29 is 37.0 Å². The van der Waals surface area contributed by atoms with Crippen molar-refractivity contribution >= 4 is 32.6 Å². The maximum Gasteiger partial charge on any atom is 0.326 e. The van der Waals surface area contributed by atoms with E-state index in [2.05, 4.69) is 0 Å². The van der Waals surface area contributed by atoms with Crippen LogP contribution in [0.3, 0.4) is 0 Å². The van der Waals surface area contributed by atoms with E-state index in [9.17, 15) is 23.4 Å². The molecule has 0 unspecified atom stereocenters. The molecule has 0 bridgehead atoms. The number of amides is 1. The number of aromatic hydroxyl groups is 2. The SMILES string of the molecule is O=C1CN(c2c(O)cc3cc(O)c(OCCc4ccoc4)cc3c2F)S(=O)(=O)N1. The van der Waals surface area contributed by atoms with Crippen molar-refractivity contribution in [1.29, 1.82) is 0 Å². The zero-order valence-corrected chi connectivity index (χ0v) is 15.6. The number of carbonyl (C=O) groups is 1. The van der Waals surface area contributed by atoms with E-state index < -0.39 is 39.9 Å². The van der Waals surface area contributed by atoms with Gasteiger partial charge < -0.3 is 19.4 Å². The minimum absolute atomic E-state index is 0.0185. The Kier molecular flexibility index (Phi) is 4.46. The van der Waals surface area contributed by atoms with Crippen LogP contribution in [0.5, 0.6) is 17.2 Å². The number of hydrogen-bond donors (Lipinski definition) is 3. The molecule has 1 saturated heterocycles. The fourth-order valence-electron chi connectivity index (χ4n) is 3.06. The first-order valence-electron chi connectivity index (χ1n) is 8.41. The van der Waals surface area contributed by atoms with E-state index in [1.54, 1.807) is 17.1 Å². The predicted molar refractivity (Wildman–Crippen MR) is 99.6 cm³/mol. The second-order valence-electron chi connectivity index (χ2n) is 6.37. The number of ether oxygens (including phenoxy) is 1. The van der Waals surface area contributed by atoms with E-state index in [1.165, 1.54) is 18.4 Å². The smallest absolute Gasteiger partial charge is 0.326 e. The topological polar surface area (TPSA) is 129 Å². The van der Waals surface area contributed by atoms with E-state index in [0.717, 1.165) is 11.6 Å². The van der Waals surface area contributed by atoms with Crippen molar-refractivity contribution in [2.45, 2.75) is 6.42 Å². The standard InChI is InChI=1S/C18H15FN2O7S/c19-17-12-7-15(28-4-2-10-1-3-27-9-10)13(22)5-11(12)6-14(23)18(17)21-8-16(24)20-29(21,25)26/h1,3,5-7,9,22-23H,2,4,8H2,(H,20,24). The highest BCUT2D eigenvalue weighted by Crippen LogP contribution is 2.41. The maximum atomic E-state index is 15.2. The Hall–Kier alpha value is -3.47. The lowest BCUT2D eigenvalue weighted by Crippen LogP contribution is -2.30. The number of carbonyl (C=O) groups excluding carboxylic acids is 1. The largest absolute Gasteiger partial charge is 0.506 e. The van der Waals surface area contributed by atoms with Gasteiger partial charge in [0.2, 0.25) is 0 Å². The highest BCUT2D eigenvalue weighted by atomic mass is 32.2. The van der Waals surface area contributed by atoms with Gasteiger partial charge in [0.15, 0.2) is 17.3 Å². The van der Waals surface area contributed by atoms with Crippen LogP contribution in [-0.2, 0) is 21.4 Å². The van der Waals surface area contributed by atoms with E-state index in [1.807, 2.05) is 0 Å². The Balaban J connectivity index is 1.72. The molecular weight excluding hydrogens is 407 g/mol. The molecule has 0 aliphatic carbocycles. The summed E-state index contributed by atoms with van der Waals surface area (Å²) < 4.78 is 51.8. The maximum absolute atomic E-state index is 15.2. The molecule has 3 N–H and O–H groups in total. The van der Waals surface area contributed by atoms with Gasteiger partial charge >= 0.3 is 10.2 Å². The Labute approximate surface area is 164 Å². The van der Waals surface area contributed by atoms with Gasteiger partial charge in [0, 0.05) is 11.8 Å². The van der Waals surface area contributed by atoms with Gasteiger partial charge in [0.05, 0.1) is 19.1 Å². The summed E-state index contributed by atoms with van der Waals surface area (Å²) in [4.78, 5) is 11.4. The molecule has 0 radical (unpaired) electrons. The first-order valence-corrected chi connectivity index (χ1v) is 9.85. The number of benzene rings is 2. The molecular formula is C18H15FN2O7S. The van der Waals surface area contributed by atoms with Crippen LogP contribution in [-0.4, -0.2) is 37.7 Å².